The van der Waals surface area contributed by atoms with E-state index in [0.717, 1.165) is 6.07 Å². The number of para-hydroxylation sites is 1. The second-order valence-corrected chi connectivity index (χ2v) is 8.29. The summed E-state index contributed by atoms with van der Waals surface area (Å²) < 4.78 is 26.8. The Balaban J connectivity index is 1.58. The summed E-state index contributed by atoms with van der Waals surface area (Å²) in [5.74, 6) is -0.166. The van der Waals surface area contributed by atoms with Crippen LogP contribution in [0.15, 0.2) is 59.5 Å². The number of carbonyl (C=O) groups is 1. The van der Waals surface area contributed by atoms with Gasteiger partial charge in [-0.2, -0.15) is 4.31 Å². The molecule has 148 valence electrons. The molecule has 1 N–H and O–H groups in total. The third-order valence-electron chi connectivity index (χ3n) is 4.42. The molecule has 0 bridgehead atoms. The van der Waals surface area contributed by atoms with Crippen molar-refractivity contribution < 1.29 is 18.1 Å². The van der Waals surface area contributed by atoms with Crippen LogP contribution in [-0.2, 0) is 14.8 Å². The molecule has 1 aliphatic rings. The number of anilines is 1. The minimum absolute atomic E-state index is 0.100. The fourth-order valence-corrected chi connectivity index (χ4v) is 4.42. The molecule has 0 aliphatic carbocycles. The molecule has 1 fully saturated rings. The molecule has 1 heterocycles. The molecule has 10 heteroatoms. The van der Waals surface area contributed by atoms with Gasteiger partial charge in [-0.25, -0.2) is 8.42 Å². The lowest BCUT2D eigenvalue weighted by atomic mass is 10.3. The number of benzene rings is 2. The Morgan fingerprint density at radius 2 is 1.71 bits per heavy atom. The maximum absolute atomic E-state index is 12.7. The van der Waals surface area contributed by atoms with Crippen LogP contribution in [0.25, 0.3) is 0 Å². The minimum Gasteiger partial charge on any atom is -0.325 e. The normalized spacial score (nSPS) is 15.9. The van der Waals surface area contributed by atoms with E-state index in [9.17, 15) is 23.3 Å². The largest absolute Gasteiger partial charge is 0.325 e. The van der Waals surface area contributed by atoms with E-state index >= 15 is 0 Å². The van der Waals surface area contributed by atoms with E-state index in [1.54, 1.807) is 12.1 Å². The number of nitro benzene ring substituents is 1. The van der Waals surface area contributed by atoms with Crippen molar-refractivity contribution in [3.8, 4) is 0 Å². The van der Waals surface area contributed by atoms with Gasteiger partial charge in [-0.05, 0) is 18.2 Å². The van der Waals surface area contributed by atoms with Crippen LogP contribution in [0.5, 0.6) is 0 Å². The number of non-ortho nitro benzene ring substituents is 1. The van der Waals surface area contributed by atoms with Crippen LogP contribution in [0.4, 0.5) is 11.4 Å². The van der Waals surface area contributed by atoms with Gasteiger partial charge in [-0.1, -0.05) is 24.3 Å². The third-order valence-corrected chi connectivity index (χ3v) is 6.32. The summed E-state index contributed by atoms with van der Waals surface area (Å²) in [6.45, 7) is 1.39. The first-order valence-corrected chi connectivity index (χ1v) is 10.1. The molecule has 0 aromatic heterocycles. The summed E-state index contributed by atoms with van der Waals surface area (Å²) in [5, 5.41) is 13.7. The molecule has 2 aromatic rings. The van der Waals surface area contributed by atoms with E-state index in [1.165, 1.54) is 22.5 Å². The van der Waals surface area contributed by atoms with E-state index in [0.29, 0.717) is 18.8 Å². The fourth-order valence-electron chi connectivity index (χ4n) is 2.96. The van der Waals surface area contributed by atoms with Crippen molar-refractivity contribution in [2.24, 2.45) is 0 Å². The molecule has 0 atom stereocenters. The van der Waals surface area contributed by atoms with E-state index in [2.05, 4.69) is 5.32 Å². The van der Waals surface area contributed by atoms with E-state index in [1.807, 2.05) is 23.1 Å². The maximum atomic E-state index is 12.7. The molecule has 0 unspecified atom stereocenters. The van der Waals surface area contributed by atoms with Crippen LogP contribution in [-0.4, -0.2) is 61.2 Å². The summed E-state index contributed by atoms with van der Waals surface area (Å²) in [4.78, 5) is 24.2. The Bertz CT molecular complexity index is 957. The summed E-state index contributed by atoms with van der Waals surface area (Å²) in [6.07, 6.45) is 0. The molecule has 3 rings (SSSR count). The Kier molecular flexibility index (Phi) is 6.02. The van der Waals surface area contributed by atoms with Crippen LogP contribution < -0.4 is 5.32 Å². The first-order valence-electron chi connectivity index (χ1n) is 8.68. The number of piperazine rings is 1. The van der Waals surface area contributed by atoms with Gasteiger partial charge in [-0.15, -0.1) is 0 Å². The first-order chi connectivity index (χ1) is 13.4. The maximum Gasteiger partial charge on any atom is 0.270 e. The first kappa shape index (κ1) is 19.9. The number of amides is 1. The average molecular weight is 404 g/mol. The Labute approximate surface area is 162 Å². The number of nitro groups is 1. The second-order valence-electron chi connectivity index (χ2n) is 6.35. The van der Waals surface area contributed by atoms with Crippen molar-refractivity contribution in [3.05, 3.63) is 64.7 Å². The molecular weight excluding hydrogens is 384 g/mol. The smallest absolute Gasteiger partial charge is 0.270 e. The predicted molar refractivity (Wildman–Crippen MR) is 103 cm³/mol. The molecule has 28 heavy (non-hydrogen) atoms. The molecule has 0 saturated carbocycles. The summed E-state index contributed by atoms with van der Waals surface area (Å²) >= 11 is 0. The average Bonchev–Trinajstić information content (AvgIpc) is 2.69. The highest BCUT2D eigenvalue weighted by atomic mass is 32.2. The Hall–Kier alpha value is -2.82. The predicted octanol–water partition coefficient (Wildman–Crippen LogP) is 1.54. The number of nitrogens with zero attached hydrogens (tertiary/aromatic N) is 3. The van der Waals surface area contributed by atoms with Crippen molar-refractivity contribution in [2.45, 2.75) is 4.90 Å². The van der Waals surface area contributed by atoms with Crippen molar-refractivity contribution in [1.82, 2.24) is 9.21 Å². The highest BCUT2D eigenvalue weighted by molar-refractivity contribution is 7.89. The van der Waals surface area contributed by atoms with Crippen molar-refractivity contribution in [1.29, 1.82) is 0 Å². The quantitative estimate of drug-likeness (QED) is 0.577. The van der Waals surface area contributed by atoms with E-state index < -0.39 is 14.9 Å². The molecule has 0 spiro atoms. The monoisotopic (exact) mass is 404 g/mol. The molecule has 2 aromatic carbocycles. The standard InChI is InChI=1S/C18H20N4O5S/c23-18(19-15-5-2-1-3-6-15)14-20-9-11-21(12-10-20)28(26,27)17-8-4-7-16(13-17)22(24)25/h1-8,13H,9-12,14H2,(H,19,23). The van der Waals surface area contributed by atoms with Crippen LogP contribution in [0, 0.1) is 10.1 Å². The number of sulfonamides is 1. The topological polar surface area (TPSA) is 113 Å². The molecule has 9 nitrogen and oxygen atoms in total. The highest BCUT2D eigenvalue weighted by Gasteiger charge is 2.30. The zero-order valence-corrected chi connectivity index (χ0v) is 15.8. The van der Waals surface area contributed by atoms with Gasteiger partial charge in [0, 0.05) is 44.0 Å². The van der Waals surface area contributed by atoms with Crippen LogP contribution in [0.3, 0.4) is 0 Å². The van der Waals surface area contributed by atoms with Gasteiger partial charge in [0.15, 0.2) is 0 Å². The summed E-state index contributed by atoms with van der Waals surface area (Å²) in [7, 11) is -3.82. The van der Waals surface area contributed by atoms with Gasteiger partial charge in [0.25, 0.3) is 5.69 Å². The zero-order chi connectivity index (χ0) is 20.1. The third kappa shape index (κ3) is 4.71. The van der Waals surface area contributed by atoms with E-state index in [-0.39, 0.29) is 36.1 Å². The number of carbonyl (C=O) groups excluding carboxylic acids is 1. The Morgan fingerprint density at radius 3 is 2.36 bits per heavy atom. The van der Waals surface area contributed by atoms with Gasteiger partial charge in [0.05, 0.1) is 16.4 Å². The number of nitrogens with one attached hydrogen (secondary N) is 1. The van der Waals surface area contributed by atoms with Crippen molar-refractivity contribution in [2.75, 3.05) is 38.0 Å². The van der Waals surface area contributed by atoms with Crippen molar-refractivity contribution in [3.63, 3.8) is 0 Å². The van der Waals surface area contributed by atoms with Gasteiger partial charge < -0.3 is 5.32 Å². The molecule has 0 radical (unpaired) electrons. The lowest BCUT2D eigenvalue weighted by Gasteiger charge is -2.33. The van der Waals surface area contributed by atoms with Crippen molar-refractivity contribution >= 4 is 27.3 Å². The zero-order valence-electron chi connectivity index (χ0n) is 15.0. The lowest BCUT2D eigenvalue weighted by Crippen LogP contribution is -2.50. The SMILES string of the molecule is O=C(CN1CCN(S(=O)(=O)c2cccc([N+](=O)[O-])c2)CC1)Nc1ccccc1. The fraction of sp³-hybridized carbons (Fsp3) is 0.278. The Morgan fingerprint density at radius 1 is 1.04 bits per heavy atom. The van der Waals surface area contributed by atoms with E-state index in [4.69, 9.17) is 0 Å². The van der Waals surface area contributed by atoms with Crippen LogP contribution in [0.2, 0.25) is 0 Å². The number of rotatable bonds is 6. The number of hydrogen-bond acceptors (Lipinski definition) is 6. The minimum atomic E-state index is -3.82. The second kappa shape index (κ2) is 8.46. The molecular formula is C18H20N4O5S. The number of hydrogen-bond donors (Lipinski definition) is 1. The lowest BCUT2D eigenvalue weighted by molar-refractivity contribution is -0.385. The van der Waals surface area contributed by atoms with Gasteiger partial charge in [0.1, 0.15) is 0 Å². The van der Waals surface area contributed by atoms with Crippen LogP contribution in [0.1, 0.15) is 0 Å². The molecule has 1 aliphatic heterocycles. The molecule has 1 saturated heterocycles. The van der Waals surface area contributed by atoms with Gasteiger partial charge >= 0.3 is 0 Å². The summed E-state index contributed by atoms with van der Waals surface area (Å²) in [5.41, 5.74) is 0.441. The highest BCUT2D eigenvalue weighted by Crippen LogP contribution is 2.22. The van der Waals surface area contributed by atoms with Crippen LogP contribution >= 0.6 is 0 Å². The van der Waals surface area contributed by atoms with Gasteiger partial charge in [0.2, 0.25) is 15.9 Å². The molecule has 1 amide bonds. The summed E-state index contributed by atoms with van der Waals surface area (Å²) in [6, 6.07) is 14.1. The van der Waals surface area contributed by atoms with Gasteiger partial charge in [-0.3, -0.25) is 19.8 Å².